The highest BCUT2D eigenvalue weighted by atomic mass is 35.5. The molecule has 0 aliphatic carbocycles. The highest BCUT2D eigenvalue weighted by Gasteiger charge is 2.23. The van der Waals surface area contributed by atoms with Gasteiger partial charge in [-0.2, -0.15) is 8.42 Å². The summed E-state index contributed by atoms with van der Waals surface area (Å²) in [7, 11) is -2.62. The van der Waals surface area contributed by atoms with E-state index in [1.54, 1.807) is 42.2 Å². The Labute approximate surface area is 177 Å². The van der Waals surface area contributed by atoms with Crippen molar-refractivity contribution in [1.29, 1.82) is 0 Å². The lowest BCUT2D eigenvalue weighted by molar-refractivity contribution is -0.138. The Bertz CT molecular complexity index is 941. The number of hydrogen-bond acceptors (Lipinski definition) is 5. The van der Waals surface area contributed by atoms with Crippen LogP contribution in [-0.2, 0) is 26.2 Å². The van der Waals surface area contributed by atoms with E-state index in [-0.39, 0.29) is 34.2 Å². The van der Waals surface area contributed by atoms with E-state index in [1.807, 2.05) is 19.9 Å². The Kier molecular flexibility index (Phi) is 8.07. The molecule has 2 aromatic carbocycles. The second-order valence-corrected chi connectivity index (χ2v) is 8.67. The van der Waals surface area contributed by atoms with Gasteiger partial charge in [0.25, 0.3) is 0 Å². The number of aryl methyl sites for hydroxylation is 1. The largest absolute Gasteiger partial charge is 0.379 e. The molecule has 2 rings (SSSR count). The van der Waals surface area contributed by atoms with Crippen LogP contribution >= 0.6 is 11.6 Å². The van der Waals surface area contributed by atoms with E-state index in [2.05, 4.69) is 0 Å². The molecule has 0 saturated carbocycles. The third-order valence-electron chi connectivity index (χ3n) is 4.58. The zero-order valence-electron chi connectivity index (χ0n) is 17.0. The van der Waals surface area contributed by atoms with Crippen LogP contribution in [0.15, 0.2) is 47.4 Å². The summed E-state index contributed by atoms with van der Waals surface area (Å²) in [6.45, 7) is 5.92. The number of rotatable bonds is 9. The Morgan fingerprint density at radius 2 is 1.90 bits per heavy atom. The molecule has 0 aliphatic heterocycles. The Morgan fingerprint density at radius 1 is 1.21 bits per heavy atom. The third-order valence-corrected chi connectivity index (χ3v) is 6.46. The second kappa shape index (κ2) is 10.1. The zero-order valence-corrected chi connectivity index (χ0v) is 18.6. The minimum Gasteiger partial charge on any atom is -0.379 e. The van der Waals surface area contributed by atoms with Gasteiger partial charge in [0.15, 0.2) is 0 Å². The van der Waals surface area contributed by atoms with Crippen molar-refractivity contribution in [2.24, 2.45) is 0 Å². The van der Waals surface area contributed by atoms with Gasteiger partial charge >= 0.3 is 10.1 Å². The third kappa shape index (κ3) is 5.95. The Morgan fingerprint density at radius 3 is 2.52 bits per heavy atom. The minimum atomic E-state index is -4.10. The van der Waals surface area contributed by atoms with Crippen LogP contribution in [0.25, 0.3) is 0 Å². The van der Waals surface area contributed by atoms with Crippen LogP contribution in [0.5, 0.6) is 5.75 Å². The molecule has 0 aromatic heterocycles. The van der Waals surface area contributed by atoms with Gasteiger partial charge in [-0.3, -0.25) is 4.79 Å². The van der Waals surface area contributed by atoms with Gasteiger partial charge in [0.1, 0.15) is 17.3 Å². The van der Waals surface area contributed by atoms with Gasteiger partial charge in [-0.25, -0.2) is 0 Å². The fourth-order valence-corrected chi connectivity index (χ4v) is 4.63. The lowest BCUT2D eigenvalue weighted by Gasteiger charge is -2.28. The molecule has 1 amide bonds. The van der Waals surface area contributed by atoms with Crippen LogP contribution in [0.4, 0.5) is 0 Å². The molecule has 0 bridgehead atoms. The van der Waals surface area contributed by atoms with Crippen molar-refractivity contribution in [2.45, 2.75) is 44.7 Å². The molecule has 158 valence electrons. The predicted octanol–water partition coefficient (Wildman–Crippen LogP) is 4.19. The number of ether oxygens (including phenoxy) is 1. The number of carbonyl (C=O) groups excluding carboxylic acids is 1. The quantitative estimate of drug-likeness (QED) is 0.548. The molecule has 6 nitrogen and oxygen atoms in total. The fourth-order valence-electron chi connectivity index (χ4n) is 2.91. The smallest absolute Gasteiger partial charge is 0.340 e. The van der Waals surface area contributed by atoms with Crippen LogP contribution in [0.3, 0.4) is 0 Å². The summed E-state index contributed by atoms with van der Waals surface area (Å²) in [4.78, 5) is 14.0. The van der Waals surface area contributed by atoms with Crippen molar-refractivity contribution in [3.8, 4) is 5.75 Å². The van der Waals surface area contributed by atoms with E-state index in [9.17, 15) is 13.2 Å². The van der Waals surface area contributed by atoms with Crippen molar-refractivity contribution in [3.05, 3.63) is 58.6 Å². The summed E-state index contributed by atoms with van der Waals surface area (Å²) in [5, 5.41) is 0.106. The number of carbonyl (C=O) groups is 1. The first kappa shape index (κ1) is 23.2. The molecular weight excluding hydrogens is 414 g/mol. The van der Waals surface area contributed by atoms with E-state index in [4.69, 9.17) is 20.5 Å². The van der Waals surface area contributed by atoms with Crippen LogP contribution in [0, 0.1) is 6.92 Å². The molecule has 0 fully saturated rings. The lowest BCUT2D eigenvalue weighted by Crippen LogP contribution is -2.39. The summed E-state index contributed by atoms with van der Waals surface area (Å²) < 4.78 is 35.8. The molecule has 0 unspecified atom stereocenters. The van der Waals surface area contributed by atoms with E-state index < -0.39 is 10.1 Å². The predicted molar refractivity (Wildman–Crippen MR) is 113 cm³/mol. The molecule has 2 aromatic rings. The SMILES string of the molecule is CC[C@@H](C)N(Cc1cccc(OS(=O)(=O)c2c(C)cccc2Cl)c1)C(=O)COC. The van der Waals surface area contributed by atoms with Crippen LogP contribution in [0.1, 0.15) is 31.4 Å². The van der Waals surface area contributed by atoms with Crippen LogP contribution < -0.4 is 4.18 Å². The highest BCUT2D eigenvalue weighted by Crippen LogP contribution is 2.28. The molecule has 0 spiro atoms. The van der Waals surface area contributed by atoms with Gasteiger partial charge in [-0.05, 0) is 49.6 Å². The van der Waals surface area contributed by atoms with Crippen molar-refractivity contribution >= 4 is 27.6 Å². The summed E-state index contributed by atoms with van der Waals surface area (Å²) in [5.41, 5.74) is 1.25. The van der Waals surface area contributed by atoms with E-state index >= 15 is 0 Å². The average Bonchev–Trinajstić information content (AvgIpc) is 2.65. The molecule has 0 aliphatic rings. The average molecular weight is 440 g/mol. The molecule has 0 radical (unpaired) electrons. The van der Waals surface area contributed by atoms with Crippen LogP contribution in [0.2, 0.25) is 5.02 Å². The van der Waals surface area contributed by atoms with Gasteiger partial charge in [0, 0.05) is 19.7 Å². The summed E-state index contributed by atoms with van der Waals surface area (Å²) in [6.07, 6.45) is 0.784. The molecule has 1 atom stereocenters. The summed E-state index contributed by atoms with van der Waals surface area (Å²) in [5.74, 6) is 0.0256. The van der Waals surface area contributed by atoms with Crippen molar-refractivity contribution in [2.75, 3.05) is 13.7 Å². The number of benzene rings is 2. The first-order valence-electron chi connectivity index (χ1n) is 9.26. The second-order valence-electron chi connectivity index (χ2n) is 6.78. The maximum atomic E-state index is 12.7. The molecular formula is C21H26ClNO5S. The number of halogens is 1. The molecule has 0 N–H and O–H groups in total. The van der Waals surface area contributed by atoms with Crippen LogP contribution in [-0.4, -0.2) is 39.0 Å². The van der Waals surface area contributed by atoms with Gasteiger partial charge < -0.3 is 13.8 Å². The first-order valence-corrected chi connectivity index (χ1v) is 11.0. The summed E-state index contributed by atoms with van der Waals surface area (Å²) in [6, 6.07) is 11.5. The van der Waals surface area contributed by atoms with Crippen molar-refractivity contribution in [3.63, 3.8) is 0 Å². The number of nitrogens with zero attached hydrogens (tertiary/aromatic N) is 1. The Balaban J connectivity index is 2.28. The van der Waals surface area contributed by atoms with E-state index in [0.717, 1.165) is 12.0 Å². The molecule has 8 heteroatoms. The first-order chi connectivity index (χ1) is 13.7. The molecule has 0 heterocycles. The zero-order chi connectivity index (χ0) is 21.6. The fraction of sp³-hybridized carbons (Fsp3) is 0.381. The Hall–Kier alpha value is -2.09. The standard InChI is InChI=1S/C21H26ClNO5S/c1-5-16(3)23(20(24)14-27-4)13-17-9-7-10-18(12-17)28-29(25,26)21-15(2)8-6-11-19(21)22/h6-12,16H,5,13-14H2,1-4H3/t16-/m1/s1. The van der Waals surface area contributed by atoms with Gasteiger partial charge in [-0.1, -0.05) is 42.8 Å². The molecule has 0 saturated heterocycles. The normalized spacial score (nSPS) is 12.4. The van der Waals surface area contributed by atoms with Gasteiger partial charge in [0.05, 0.1) is 5.02 Å². The maximum absolute atomic E-state index is 12.7. The van der Waals surface area contributed by atoms with E-state index in [0.29, 0.717) is 12.1 Å². The topological polar surface area (TPSA) is 72.9 Å². The number of amides is 1. The maximum Gasteiger partial charge on any atom is 0.340 e. The van der Waals surface area contributed by atoms with Gasteiger partial charge in [-0.15, -0.1) is 0 Å². The minimum absolute atomic E-state index is 0.0109. The highest BCUT2D eigenvalue weighted by molar-refractivity contribution is 7.87. The lowest BCUT2D eigenvalue weighted by atomic mass is 10.1. The number of hydrogen-bond donors (Lipinski definition) is 0. The monoisotopic (exact) mass is 439 g/mol. The van der Waals surface area contributed by atoms with Crippen molar-refractivity contribution < 1.29 is 22.1 Å². The van der Waals surface area contributed by atoms with Gasteiger partial charge in [0.2, 0.25) is 5.91 Å². The number of methoxy groups -OCH3 is 1. The van der Waals surface area contributed by atoms with Crippen molar-refractivity contribution in [1.82, 2.24) is 4.90 Å². The summed E-state index contributed by atoms with van der Waals surface area (Å²) >= 11 is 6.08. The van der Waals surface area contributed by atoms with E-state index in [1.165, 1.54) is 13.2 Å². The molecule has 29 heavy (non-hydrogen) atoms.